The first-order valence-electron chi connectivity index (χ1n) is 8.52. The van der Waals surface area contributed by atoms with Crippen LogP contribution in [0.2, 0.25) is 0 Å². The minimum Gasteiger partial charge on any atom is -0.281 e. The standard InChI is InChI=1S/C16H20F2N4O4S2/c1-11-16(12(2)20-19-11)28(25,26)22-7-3-6-21(8-9-22)27(23,24)15-10-13(17)4-5-14(15)18/h4-5,10H,3,6-9H2,1-2H3,(H,19,20). The minimum absolute atomic E-state index is 0.00629. The van der Waals surface area contributed by atoms with E-state index in [4.69, 9.17) is 0 Å². The molecule has 8 nitrogen and oxygen atoms in total. The van der Waals surface area contributed by atoms with E-state index in [0.717, 1.165) is 16.4 Å². The van der Waals surface area contributed by atoms with E-state index in [1.165, 1.54) is 4.31 Å². The third kappa shape index (κ3) is 3.69. The Bertz CT molecular complexity index is 1080. The number of benzene rings is 1. The van der Waals surface area contributed by atoms with Gasteiger partial charge in [-0.15, -0.1) is 0 Å². The highest BCUT2D eigenvalue weighted by Crippen LogP contribution is 2.25. The first-order chi connectivity index (χ1) is 13.0. The minimum atomic E-state index is -4.30. The number of nitrogens with one attached hydrogen (secondary N) is 1. The summed E-state index contributed by atoms with van der Waals surface area (Å²) in [5, 5.41) is 6.52. The Labute approximate surface area is 162 Å². The van der Waals surface area contributed by atoms with Crippen LogP contribution in [0.5, 0.6) is 0 Å². The van der Waals surface area contributed by atoms with Gasteiger partial charge in [0.05, 0.1) is 11.4 Å². The van der Waals surface area contributed by atoms with E-state index in [-0.39, 0.29) is 37.5 Å². The van der Waals surface area contributed by atoms with Gasteiger partial charge in [0.1, 0.15) is 21.4 Å². The first-order valence-corrected chi connectivity index (χ1v) is 11.4. The van der Waals surface area contributed by atoms with Crippen molar-refractivity contribution in [2.24, 2.45) is 0 Å². The Balaban J connectivity index is 1.87. The molecule has 0 amide bonds. The van der Waals surface area contributed by atoms with Gasteiger partial charge in [-0.25, -0.2) is 25.6 Å². The van der Waals surface area contributed by atoms with E-state index in [0.29, 0.717) is 17.5 Å². The number of nitrogens with zero attached hydrogens (tertiary/aromatic N) is 3. The van der Waals surface area contributed by atoms with E-state index in [1.807, 2.05) is 0 Å². The van der Waals surface area contributed by atoms with E-state index < -0.39 is 36.6 Å². The van der Waals surface area contributed by atoms with Gasteiger partial charge < -0.3 is 0 Å². The molecule has 2 heterocycles. The molecule has 0 spiro atoms. The van der Waals surface area contributed by atoms with Crippen LogP contribution in [0.15, 0.2) is 28.0 Å². The maximum Gasteiger partial charge on any atom is 0.246 e. The molecular formula is C16H20F2N4O4S2. The molecule has 2 aromatic rings. The second kappa shape index (κ2) is 7.50. The van der Waals surface area contributed by atoms with Crippen molar-refractivity contribution in [1.29, 1.82) is 0 Å². The van der Waals surface area contributed by atoms with Crippen LogP contribution in [0.1, 0.15) is 17.8 Å². The Morgan fingerprint density at radius 2 is 1.57 bits per heavy atom. The quantitative estimate of drug-likeness (QED) is 0.783. The fourth-order valence-electron chi connectivity index (χ4n) is 3.21. The Morgan fingerprint density at radius 1 is 0.964 bits per heavy atom. The largest absolute Gasteiger partial charge is 0.281 e. The highest BCUT2D eigenvalue weighted by molar-refractivity contribution is 7.89. The molecule has 28 heavy (non-hydrogen) atoms. The van der Waals surface area contributed by atoms with Crippen molar-refractivity contribution in [3.05, 3.63) is 41.2 Å². The topological polar surface area (TPSA) is 103 Å². The van der Waals surface area contributed by atoms with Gasteiger partial charge in [-0.05, 0) is 38.5 Å². The van der Waals surface area contributed by atoms with E-state index in [1.54, 1.807) is 13.8 Å². The van der Waals surface area contributed by atoms with Crippen molar-refractivity contribution in [2.75, 3.05) is 26.2 Å². The normalized spacial score (nSPS) is 17.6. The van der Waals surface area contributed by atoms with Gasteiger partial charge in [-0.3, -0.25) is 5.10 Å². The van der Waals surface area contributed by atoms with Gasteiger partial charge in [-0.2, -0.15) is 13.7 Å². The summed E-state index contributed by atoms with van der Waals surface area (Å²) < 4.78 is 81.0. The fourth-order valence-corrected chi connectivity index (χ4v) is 6.56. The van der Waals surface area contributed by atoms with Gasteiger partial charge in [0.25, 0.3) is 0 Å². The van der Waals surface area contributed by atoms with Crippen molar-refractivity contribution in [3.8, 4) is 0 Å². The van der Waals surface area contributed by atoms with Gasteiger partial charge in [-0.1, -0.05) is 0 Å². The smallest absolute Gasteiger partial charge is 0.246 e. The lowest BCUT2D eigenvalue weighted by Crippen LogP contribution is -2.37. The third-order valence-electron chi connectivity index (χ3n) is 4.58. The summed E-state index contributed by atoms with van der Waals surface area (Å²) in [6.07, 6.45) is 0.214. The molecule has 1 aromatic carbocycles. The van der Waals surface area contributed by atoms with E-state index in [2.05, 4.69) is 10.2 Å². The van der Waals surface area contributed by atoms with Crippen LogP contribution in [0.4, 0.5) is 8.78 Å². The summed E-state index contributed by atoms with van der Waals surface area (Å²) in [6, 6.07) is 2.21. The average molecular weight is 434 g/mol. The number of hydrogen-bond acceptors (Lipinski definition) is 5. The molecule has 1 aliphatic rings. The van der Waals surface area contributed by atoms with Crippen molar-refractivity contribution in [3.63, 3.8) is 0 Å². The zero-order chi connectivity index (χ0) is 20.7. The zero-order valence-corrected chi connectivity index (χ0v) is 16.9. The number of aryl methyl sites for hydroxylation is 2. The number of hydrogen-bond donors (Lipinski definition) is 1. The second-order valence-corrected chi connectivity index (χ2v) is 10.3. The first kappa shape index (κ1) is 20.8. The molecule has 0 saturated carbocycles. The molecule has 0 atom stereocenters. The molecule has 1 saturated heterocycles. The lowest BCUT2D eigenvalue weighted by atomic mass is 10.3. The molecule has 1 aliphatic heterocycles. The van der Waals surface area contributed by atoms with Crippen molar-refractivity contribution in [2.45, 2.75) is 30.1 Å². The lowest BCUT2D eigenvalue weighted by molar-refractivity contribution is 0.402. The number of aromatic amines is 1. The molecule has 0 aliphatic carbocycles. The summed E-state index contributed by atoms with van der Waals surface area (Å²) in [6.45, 7) is 2.97. The highest BCUT2D eigenvalue weighted by Gasteiger charge is 2.35. The molecule has 1 N–H and O–H groups in total. The Kier molecular flexibility index (Phi) is 5.58. The van der Waals surface area contributed by atoms with Gasteiger partial charge in [0.15, 0.2) is 0 Å². The van der Waals surface area contributed by atoms with Crippen molar-refractivity contribution in [1.82, 2.24) is 18.8 Å². The molecule has 0 unspecified atom stereocenters. The fraction of sp³-hybridized carbons (Fsp3) is 0.438. The number of rotatable bonds is 4. The summed E-state index contributed by atoms with van der Waals surface area (Å²) in [5.74, 6) is -1.93. The lowest BCUT2D eigenvalue weighted by Gasteiger charge is -2.22. The molecular weight excluding hydrogens is 414 g/mol. The van der Waals surface area contributed by atoms with Gasteiger partial charge in [0, 0.05) is 26.2 Å². The van der Waals surface area contributed by atoms with Crippen LogP contribution in [0, 0.1) is 25.5 Å². The maximum atomic E-state index is 14.0. The average Bonchev–Trinajstić information content (AvgIpc) is 2.83. The molecule has 1 aromatic heterocycles. The Morgan fingerprint density at radius 3 is 2.14 bits per heavy atom. The summed E-state index contributed by atoms with van der Waals surface area (Å²) in [7, 11) is -8.17. The Hall–Kier alpha value is -1.89. The van der Waals surface area contributed by atoms with Gasteiger partial charge in [0.2, 0.25) is 20.0 Å². The molecule has 12 heteroatoms. The van der Waals surface area contributed by atoms with Crippen LogP contribution in [-0.4, -0.2) is 61.8 Å². The van der Waals surface area contributed by atoms with Crippen molar-refractivity contribution < 1.29 is 25.6 Å². The van der Waals surface area contributed by atoms with Crippen molar-refractivity contribution >= 4 is 20.0 Å². The summed E-state index contributed by atoms with van der Waals surface area (Å²) >= 11 is 0. The zero-order valence-electron chi connectivity index (χ0n) is 15.3. The molecule has 1 fully saturated rings. The maximum absolute atomic E-state index is 14.0. The molecule has 0 bridgehead atoms. The molecule has 3 rings (SSSR count). The van der Waals surface area contributed by atoms with Gasteiger partial charge >= 0.3 is 0 Å². The van der Waals surface area contributed by atoms with Crippen LogP contribution >= 0.6 is 0 Å². The van der Waals surface area contributed by atoms with E-state index in [9.17, 15) is 25.6 Å². The van der Waals surface area contributed by atoms with Crippen LogP contribution in [0.25, 0.3) is 0 Å². The van der Waals surface area contributed by atoms with Crippen LogP contribution < -0.4 is 0 Å². The molecule has 154 valence electrons. The van der Waals surface area contributed by atoms with Crippen LogP contribution in [0.3, 0.4) is 0 Å². The second-order valence-electron chi connectivity index (χ2n) is 6.50. The number of halogens is 2. The monoisotopic (exact) mass is 434 g/mol. The van der Waals surface area contributed by atoms with E-state index >= 15 is 0 Å². The SMILES string of the molecule is Cc1n[nH]c(C)c1S(=O)(=O)N1CCCN(S(=O)(=O)c2cc(F)ccc2F)CC1. The number of H-pyrrole nitrogens is 1. The van der Waals surface area contributed by atoms with Crippen LogP contribution in [-0.2, 0) is 20.0 Å². The predicted molar refractivity (Wildman–Crippen MR) is 96.6 cm³/mol. The third-order valence-corrected chi connectivity index (χ3v) is 8.66. The summed E-state index contributed by atoms with van der Waals surface area (Å²) in [5.41, 5.74) is 0.723. The number of aromatic nitrogens is 2. The molecule has 0 radical (unpaired) electrons. The number of sulfonamides is 2. The predicted octanol–water partition coefficient (Wildman–Crippen LogP) is 1.39. The highest BCUT2D eigenvalue weighted by atomic mass is 32.2. The summed E-state index contributed by atoms with van der Waals surface area (Å²) in [4.78, 5) is -0.690.